The predicted octanol–water partition coefficient (Wildman–Crippen LogP) is 2.80. The van der Waals surface area contributed by atoms with Gasteiger partial charge in [0.2, 0.25) is 0 Å². The van der Waals surface area contributed by atoms with Gasteiger partial charge in [0.15, 0.2) is 0 Å². The lowest BCUT2D eigenvalue weighted by Gasteiger charge is -2.34. The molecule has 2 aromatic carbocycles. The Bertz CT molecular complexity index is 1100. The van der Waals surface area contributed by atoms with Crippen molar-refractivity contribution in [1.29, 1.82) is 0 Å². The van der Waals surface area contributed by atoms with Crippen molar-refractivity contribution >= 4 is 16.8 Å². The van der Waals surface area contributed by atoms with Gasteiger partial charge in [-0.25, -0.2) is 0 Å². The Balaban J connectivity index is 1.42. The number of rotatable bonds is 4. The molecule has 0 unspecified atom stereocenters. The molecule has 1 amide bonds. The van der Waals surface area contributed by atoms with E-state index in [4.69, 9.17) is 4.74 Å². The second kappa shape index (κ2) is 8.09. The standard InChI is InChI=1S/C23H25N3O3/c1-16-5-3-6-17-13-19(22(27)24-21(16)17)15-25-9-11-26(12-10-25)23(28)18-7-4-8-20(14-18)29-2/h3-8,13-14H,9-12,15H2,1-2H3,(H,24,27). The van der Waals surface area contributed by atoms with Gasteiger partial charge in [-0.3, -0.25) is 14.5 Å². The van der Waals surface area contributed by atoms with E-state index in [0.29, 0.717) is 30.9 Å². The number of carbonyl (C=O) groups excluding carboxylic acids is 1. The first-order valence-corrected chi connectivity index (χ1v) is 9.82. The molecule has 1 aliphatic heterocycles. The van der Waals surface area contributed by atoms with Crippen molar-refractivity contribution in [1.82, 2.24) is 14.8 Å². The number of H-pyrrole nitrogens is 1. The summed E-state index contributed by atoms with van der Waals surface area (Å²) in [6.07, 6.45) is 0. The van der Waals surface area contributed by atoms with Crippen LogP contribution in [0, 0.1) is 6.92 Å². The van der Waals surface area contributed by atoms with Crippen molar-refractivity contribution in [3.63, 3.8) is 0 Å². The largest absolute Gasteiger partial charge is 0.497 e. The molecule has 6 nitrogen and oxygen atoms in total. The molecule has 1 N–H and O–H groups in total. The SMILES string of the molecule is COc1cccc(C(=O)N2CCN(Cc3cc4cccc(C)c4[nH]c3=O)CC2)c1. The molecule has 0 radical (unpaired) electrons. The number of benzene rings is 2. The van der Waals surface area contributed by atoms with Gasteiger partial charge in [0, 0.05) is 43.9 Å². The minimum absolute atomic E-state index is 0.0163. The second-order valence-electron chi connectivity index (χ2n) is 7.46. The molecular formula is C23H25N3O3. The molecule has 1 aliphatic rings. The lowest BCUT2D eigenvalue weighted by Crippen LogP contribution is -2.48. The maximum atomic E-state index is 12.8. The molecular weight excluding hydrogens is 366 g/mol. The van der Waals surface area contributed by atoms with Crippen LogP contribution in [0.25, 0.3) is 10.9 Å². The number of aryl methyl sites for hydroxylation is 1. The number of nitrogens with zero attached hydrogens (tertiary/aromatic N) is 2. The Morgan fingerprint density at radius 3 is 2.59 bits per heavy atom. The van der Waals surface area contributed by atoms with E-state index in [9.17, 15) is 9.59 Å². The number of carbonyl (C=O) groups is 1. The summed E-state index contributed by atoms with van der Waals surface area (Å²) in [5.74, 6) is 0.697. The Hall–Kier alpha value is -3.12. The van der Waals surface area contributed by atoms with Gasteiger partial charge in [-0.15, -0.1) is 0 Å². The minimum Gasteiger partial charge on any atom is -0.497 e. The van der Waals surface area contributed by atoms with E-state index in [-0.39, 0.29) is 11.5 Å². The van der Waals surface area contributed by atoms with Crippen molar-refractivity contribution in [3.05, 3.63) is 75.6 Å². The Morgan fingerprint density at radius 2 is 1.83 bits per heavy atom. The Kier molecular flexibility index (Phi) is 5.36. The van der Waals surface area contributed by atoms with Gasteiger partial charge in [-0.1, -0.05) is 24.3 Å². The van der Waals surface area contributed by atoms with E-state index in [1.807, 2.05) is 54.3 Å². The summed E-state index contributed by atoms with van der Waals surface area (Å²) < 4.78 is 5.21. The second-order valence-corrected chi connectivity index (χ2v) is 7.46. The topological polar surface area (TPSA) is 65.6 Å². The van der Waals surface area contributed by atoms with Crippen molar-refractivity contribution in [2.24, 2.45) is 0 Å². The van der Waals surface area contributed by atoms with E-state index in [0.717, 1.165) is 35.1 Å². The van der Waals surface area contributed by atoms with Gasteiger partial charge in [-0.05, 0) is 42.1 Å². The van der Waals surface area contributed by atoms with E-state index >= 15 is 0 Å². The van der Waals surface area contributed by atoms with Gasteiger partial charge >= 0.3 is 0 Å². The zero-order valence-electron chi connectivity index (χ0n) is 16.8. The fraction of sp³-hybridized carbons (Fsp3) is 0.304. The molecule has 1 fully saturated rings. The molecule has 6 heteroatoms. The van der Waals surface area contributed by atoms with Crippen LogP contribution in [-0.4, -0.2) is 54.0 Å². The normalized spacial score (nSPS) is 14.9. The summed E-state index contributed by atoms with van der Waals surface area (Å²) in [6, 6.07) is 15.2. The summed E-state index contributed by atoms with van der Waals surface area (Å²) in [5.41, 5.74) is 3.32. The van der Waals surface area contributed by atoms with Crippen LogP contribution in [0.2, 0.25) is 0 Å². The highest BCUT2D eigenvalue weighted by molar-refractivity contribution is 5.94. The molecule has 2 heterocycles. The molecule has 0 spiro atoms. The number of piperazine rings is 1. The van der Waals surface area contributed by atoms with Crippen LogP contribution in [0.1, 0.15) is 21.5 Å². The summed E-state index contributed by atoms with van der Waals surface area (Å²) >= 11 is 0. The van der Waals surface area contributed by atoms with Crippen molar-refractivity contribution in [2.45, 2.75) is 13.5 Å². The van der Waals surface area contributed by atoms with Crippen LogP contribution < -0.4 is 10.3 Å². The van der Waals surface area contributed by atoms with Gasteiger partial charge in [-0.2, -0.15) is 0 Å². The molecule has 150 valence electrons. The number of aromatic nitrogens is 1. The van der Waals surface area contributed by atoms with E-state index in [1.54, 1.807) is 13.2 Å². The maximum Gasteiger partial charge on any atom is 0.254 e. The third-order valence-corrected chi connectivity index (χ3v) is 5.54. The van der Waals surface area contributed by atoms with Crippen LogP contribution in [0.4, 0.5) is 0 Å². The van der Waals surface area contributed by atoms with E-state index in [2.05, 4.69) is 9.88 Å². The van der Waals surface area contributed by atoms with Crippen LogP contribution in [0.3, 0.4) is 0 Å². The number of para-hydroxylation sites is 1. The van der Waals surface area contributed by atoms with E-state index < -0.39 is 0 Å². The number of fused-ring (bicyclic) bond motifs is 1. The van der Waals surface area contributed by atoms with Gasteiger partial charge in [0.25, 0.3) is 11.5 Å². The van der Waals surface area contributed by atoms with Gasteiger partial charge in [0.05, 0.1) is 12.6 Å². The van der Waals surface area contributed by atoms with Gasteiger partial charge < -0.3 is 14.6 Å². The average molecular weight is 391 g/mol. The zero-order valence-corrected chi connectivity index (χ0v) is 16.8. The molecule has 4 rings (SSSR count). The summed E-state index contributed by atoms with van der Waals surface area (Å²) in [4.78, 5) is 32.4. The number of hydrogen-bond acceptors (Lipinski definition) is 4. The number of nitrogens with one attached hydrogen (secondary N) is 1. The minimum atomic E-state index is -0.0401. The highest BCUT2D eigenvalue weighted by Crippen LogP contribution is 2.18. The number of ether oxygens (including phenoxy) is 1. The first-order valence-electron chi connectivity index (χ1n) is 9.82. The third kappa shape index (κ3) is 4.03. The first-order chi connectivity index (χ1) is 14.0. The lowest BCUT2D eigenvalue weighted by molar-refractivity contribution is 0.0627. The molecule has 0 bridgehead atoms. The molecule has 0 atom stereocenters. The first kappa shape index (κ1) is 19.2. The Labute approximate surface area is 169 Å². The number of pyridine rings is 1. The van der Waals surface area contributed by atoms with Crippen LogP contribution >= 0.6 is 0 Å². The van der Waals surface area contributed by atoms with Crippen LogP contribution in [-0.2, 0) is 6.54 Å². The maximum absolute atomic E-state index is 12.8. The number of methoxy groups -OCH3 is 1. The van der Waals surface area contributed by atoms with Crippen molar-refractivity contribution in [3.8, 4) is 5.75 Å². The summed E-state index contributed by atoms with van der Waals surface area (Å²) in [6.45, 7) is 5.33. The highest BCUT2D eigenvalue weighted by atomic mass is 16.5. The molecule has 0 aliphatic carbocycles. The Morgan fingerprint density at radius 1 is 1.07 bits per heavy atom. The smallest absolute Gasteiger partial charge is 0.254 e. The molecule has 1 saturated heterocycles. The van der Waals surface area contributed by atoms with Crippen LogP contribution in [0.5, 0.6) is 5.75 Å². The monoisotopic (exact) mass is 391 g/mol. The highest BCUT2D eigenvalue weighted by Gasteiger charge is 2.23. The summed E-state index contributed by atoms with van der Waals surface area (Å²) in [7, 11) is 1.60. The number of hydrogen-bond donors (Lipinski definition) is 1. The predicted molar refractivity (Wildman–Crippen MR) is 113 cm³/mol. The van der Waals surface area contributed by atoms with E-state index in [1.165, 1.54) is 0 Å². The fourth-order valence-electron chi connectivity index (χ4n) is 3.83. The van der Waals surface area contributed by atoms with Gasteiger partial charge in [0.1, 0.15) is 5.75 Å². The quantitative estimate of drug-likeness (QED) is 0.743. The number of aromatic amines is 1. The average Bonchev–Trinajstić information content (AvgIpc) is 2.75. The van der Waals surface area contributed by atoms with Crippen LogP contribution in [0.15, 0.2) is 53.3 Å². The lowest BCUT2D eigenvalue weighted by atomic mass is 10.1. The fourth-order valence-corrected chi connectivity index (χ4v) is 3.83. The molecule has 29 heavy (non-hydrogen) atoms. The molecule has 1 aromatic heterocycles. The zero-order chi connectivity index (χ0) is 20.4. The number of amides is 1. The molecule has 3 aromatic rings. The summed E-state index contributed by atoms with van der Waals surface area (Å²) in [5, 5.41) is 1.05. The third-order valence-electron chi connectivity index (χ3n) is 5.54. The van der Waals surface area contributed by atoms with Crippen molar-refractivity contribution in [2.75, 3.05) is 33.3 Å². The van der Waals surface area contributed by atoms with Crippen molar-refractivity contribution < 1.29 is 9.53 Å². The molecule has 0 saturated carbocycles.